The van der Waals surface area contributed by atoms with E-state index in [9.17, 15) is 9.59 Å². The Morgan fingerprint density at radius 3 is 2.58 bits per heavy atom. The van der Waals surface area contributed by atoms with Gasteiger partial charge >= 0.3 is 0 Å². The molecule has 8 nitrogen and oxygen atoms in total. The Labute approximate surface area is 241 Å². The number of rotatable bonds is 9. The first-order valence-electron chi connectivity index (χ1n) is 13.6. The summed E-state index contributed by atoms with van der Waals surface area (Å²) in [6.07, 6.45) is 0.696. The number of thioether (sulfide) groups is 1. The number of anilines is 1. The van der Waals surface area contributed by atoms with Gasteiger partial charge < -0.3 is 14.8 Å². The Balaban J connectivity index is 1.96. The lowest BCUT2D eigenvalue weighted by molar-refractivity contribution is -0.122. The Morgan fingerprint density at radius 2 is 1.90 bits per heavy atom. The van der Waals surface area contributed by atoms with Crippen LogP contribution in [0.1, 0.15) is 60.4 Å². The molecule has 0 fully saturated rings. The van der Waals surface area contributed by atoms with Crippen LogP contribution in [0.3, 0.4) is 0 Å². The van der Waals surface area contributed by atoms with Gasteiger partial charge in [0.1, 0.15) is 18.1 Å². The predicted octanol–water partition coefficient (Wildman–Crippen LogP) is 5.12. The molecule has 1 N–H and O–H groups in total. The lowest BCUT2D eigenvalue weighted by Gasteiger charge is -2.25. The van der Waals surface area contributed by atoms with Crippen LogP contribution >= 0.6 is 11.8 Å². The molecule has 0 spiro atoms. The molecule has 2 amide bonds. The van der Waals surface area contributed by atoms with Gasteiger partial charge in [-0.25, -0.2) is 4.68 Å². The second-order valence-corrected chi connectivity index (χ2v) is 12.2. The maximum atomic E-state index is 13.8. The topological polar surface area (TPSA) is 85.7 Å². The lowest BCUT2D eigenvalue weighted by atomic mass is 9.87. The van der Waals surface area contributed by atoms with Crippen molar-refractivity contribution in [2.45, 2.75) is 51.7 Å². The molecule has 40 heavy (non-hydrogen) atoms. The van der Waals surface area contributed by atoms with Crippen LogP contribution in [0, 0.1) is 13.8 Å². The van der Waals surface area contributed by atoms with Gasteiger partial charge in [0.25, 0.3) is 0 Å². The Kier molecular flexibility index (Phi) is 9.26. The van der Waals surface area contributed by atoms with Crippen molar-refractivity contribution >= 4 is 29.4 Å². The van der Waals surface area contributed by atoms with Crippen LogP contribution in [-0.4, -0.2) is 61.3 Å². The van der Waals surface area contributed by atoms with Gasteiger partial charge in [-0.1, -0.05) is 56.7 Å². The van der Waals surface area contributed by atoms with Crippen LogP contribution in [-0.2, 0) is 19.7 Å². The molecule has 0 bridgehead atoms. The van der Waals surface area contributed by atoms with Gasteiger partial charge in [-0.3, -0.25) is 14.5 Å². The molecule has 9 heteroatoms. The largest absolute Gasteiger partial charge is 0.496 e. The number of para-hydroxylation sites is 1. The van der Waals surface area contributed by atoms with E-state index in [1.807, 2.05) is 48.0 Å². The molecule has 0 aliphatic carbocycles. The van der Waals surface area contributed by atoms with Gasteiger partial charge in [0.2, 0.25) is 11.8 Å². The number of methoxy groups -OCH3 is 2. The van der Waals surface area contributed by atoms with Crippen LogP contribution in [0.15, 0.2) is 42.5 Å². The second kappa shape index (κ2) is 12.5. The molecule has 3 aromatic rings. The smallest absolute Gasteiger partial charge is 0.240 e. The third-order valence-electron chi connectivity index (χ3n) is 6.95. The van der Waals surface area contributed by atoms with Crippen LogP contribution < -0.4 is 15.0 Å². The van der Waals surface area contributed by atoms with E-state index in [0.29, 0.717) is 25.4 Å². The molecule has 0 unspecified atom stereocenters. The second-order valence-electron chi connectivity index (χ2n) is 11.1. The molecular weight excluding hydrogens is 524 g/mol. The molecule has 0 saturated heterocycles. The van der Waals surface area contributed by atoms with Gasteiger partial charge in [-0.05, 0) is 38.0 Å². The molecule has 4 rings (SSSR count). The number of aromatic nitrogens is 2. The number of hydrogen-bond donors (Lipinski definition) is 1. The highest BCUT2D eigenvalue weighted by molar-refractivity contribution is 8.00. The zero-order valence-electron chi connectivity index (χ0n) is 24.5. The quantitative estimate of drug-likeness (QED) is 0.363. The van der Waals surface area contributed by atoms with E-state index < -0.39 is 0 Å². The molecule has 2 aromatic carbocycles. The molecule has 1 atom stereocenters. The van der Waals surface area contributed by atoms with Gasteiger partial charge in [-0.2, -0.15) is 5.10 Å². The number of aryl methyl sites for hydroxylation is 2. The summed E-state index contributed by atoms with van der Waals surface area (Å²) < 4.78 is 12.7. The zero-order chi connectivity index (χ0) is 29.0. The monoisotopic (exact) mass is 564 g/mol. The SMILES string of the molecule is COCCCNC(=O)CN1C(=O)CS[C@H](c2ccccc2OC)c2c(C(C)(C)C)nn(-c3ccc(C)cc3C)c21. The fourth-order valence-electron chi connectivity index (χ4n) is 5.06. The van der Waals surface area contributed by atoms with Gasteiger partial charge in [0.15, 0.2) is 0 Å². The summed E-state index contributed by atoms with van der Waals surface area (Å²) in [7, 11) is 3.30. The number of nitrogens with one attached hydrogen (secondary N) is 1. The highest BCUT2D eigenvalue weighted by atomic mass is 32.2. The van der Waals surface area contributed by atoms with Crippen molar-refractivity contribution in [1.29, 1.82) is 0 Å². The molecule has 1 aliphatic rings. The van der Waals surface area contributed by atoms with E-state index in [1.54, 1.807) is 30.9 Å². The molecule has 0 saturated carbocycles. The van der Waals surface area contributed by atoms with E-state index in [1.165, 1.54) is 0 Å². The number of hydrogen-bond acceptors (Lipinski definition) is 6. The third-order valence-corrected chi connectivity index (χ3v) is 8.19. The van der Waals surface area contributed by atoms with E-state index in [4.69, 9.17) is 14.6 Å². The Bertz CT molecular complexity index is 1380. The highest BCUT2D eigenvalue weighted by Crippen LogP contribution is 2.50. The van der Waals surface area contributed by atoms with Crippen molar-refractivity contribution in [3.63, 3.8) is 0 Å². The maximum Gasteiger partial charge on any atom is 0.240 e. The summed E-state index contributed by atoms with van der Waals surface area (Å²) in [6.45, 7) is 11.4. The molecule has 2 heterocycles. The van der Waals surface area contributed by atoms with E-state index >= 15 is 0 Å². The number of carbonyl (C=O) groups is 2. The zero-order valence-corrected chi connectivity index (χ0v) is 25.4. The Morgan fingerprint density at radius 1 is 1.15 bits per heavy atom. The summed E-state index contributed by atoms with van der Waals surface area (Å²) in [4.78, 5) is 28.6. The fourth-order valence-corrected chi connectivity index (χ4v) is 6.28. The van der Waals surface area contributed by atoms with Gasteiger partial charge in [0.05, 0.1) is 29.5 Å². The summed E-state index contributed by atoms with van der Waals surface area (Å²) in [5.74, 6) is 1.24. The van der Waals surface area contributed by atoms with Crippen molar-refractivity contribution in [2.24, 2.45) is 0 Å². The Hall–Kier alpha value is -3.30. The van der Waals surface area contributed by atoms with Crippen LogP contribution in [0.25, 0.3) is 5.69 Å². The first kappa shape index (κ1) is 29.7. The first-order chi connectivity index (χ1) is 19.1. The number of ether oxygens (including phenoxy) is 2. The van der Waals surface area contributed by atoms with E-state index in [2.05, 4.69) is 39.1 Å². The van der Waals surface area contributed by atoms with Crippen LogP contribution in [0.2, 0.25) is 0 Å². The summed E-state index contributed by atoms with van der Waals surface area (Å²) >= 11 is 1.55. The van der Waals surface area contributed by atoms with Crippen LogP contribution in [0.4, 0.5) is 5.82 Å². The molecule has 0 radical (unpaired) electrons. The van der Waals surface area contributed by atoms with Crippen molar-refractivity contribution in [1.82, 2.24) is 15.1 Å². The number of carbonyl (C=O) groups excluding carboxylic acids is 2. The van der Waals surface area contributed by atoms with E-state index in [-0.39, 0.29) is 34.8 Å². The summed E-state index contributed by atoms with van der Waals surface area (Å²) in [5.41, 5.74) is 5.50. The van der Waals surface area contributed by atoms with Crippen LogP contribution in [0.5, 0.6) is 5.75 Å². The molecular formula is C31H40N4O4S. The lowest BCUT2D eigenvalue weighted by Crippen LogP contribution is -2.42. The number of benzene rings is 2. The number of amides is 2. The van der Waals surface area contributed by atoms with Gasteiger partial charge in [-0.15, -0.1) is 11.8 Å². The summed E-state index contributed by atoms with van der Waals surface area (Å²) in [5, 5.41) is 7.92. The minimum Gasteiger partial charge on any atom is -0.496 e. The standard InChI is InChI=1S/C31H40N4O4S/c1-20-13-14-23(21(2)17-20)35-30-27(29(33-35)31(3,4)5)28(22-11-8-9-12-24(22)39-7)40-19-26(37)34(30)18-25(36)32-15-10-16-38-6/h8-9,11-14,17,28H,10,15-16,18-19H2,1-7H3,(H,32,36)/t28-/m1/s1. The fraction of sp³-hybridized carbons (Fsp3) is 0.452. The normalized spacial score (nSPS) is 15.5. The van der Waals surface area contributed by atoms with Crippen molar-refractivity contribution < 1.29 is 19.1 Å². The molecule has 1 aromatic heterocycles. The van der Waals surface area contributed by atoms with Crippen molar-refractivity contribution in [3.8, 4) is 11.4 Å². The number of nitrogens with zero attached hydrogens (tertiary/aromatic N) is 3. The minimum absolute atomic E-state index is 0.0990. The average Bonchev–Trinajstić information content (AvgIpc) is 3.24. The average molecular weight is 565 g/mol. The van der Waals surface area contributed by atoms with Crippen molar-refractivity contribution in [3.05, 3.63) is 70.4 Å². The third kappa shape index (κ3) is 6.20. The highest BCUT2D eigenvalue weighted by Gasteiger charge is 2.40. The first-order valence-corrected chi connectivity index (χ1v) is 14.6. The molecule has 1 aliphatic heterocycles. The predicted molar refractivity (Wildman–Crippen MR) is 161 cm³/mol. The minimum atomic E-state index is -0.337. The molecule has 214 valence electrons. The van der Waals surface area contributed by atoms with Gasteiger partial charge in [0, 0.05) is 36.8 Å². The maximum absolute atomic E-state index is 13.8. The summed E-state index contributed by atoms with van der Waals surface area (Å²) in [6, 6.07) is 14.1. The number of fused-ring (bicyclic) bond motifs is 1. The van der Waals surface area contributed by atoms with E-state index in [0.717, 1.165) is 39.4 Å². The van der Waals surface area contributed by atoms with Crippen molar-refractivity contribution in [2.75, 3.05) is 44.6 Å².